The van der Waals surface area contributed by atoms with Gasteiger partial charge in [-0.2, -0.15) is 0 Å². The molecule has 3 aromatic carbocycles. The standard InChI is InChI=1S/C39H44N6O2.C9H20.2C2H5NO2/c1-22(2)18-36(47)45-24(4)9-17-35(45)39-41-32-15-11-26-19-25(10-12-28(26)37(32)43-39)27-13-14-31(30-7-5-6-29(27)30)33-20-40-38(42-33)34-16-8-23(3)44(34)21-46;1-4-7-9(6-3)8-5-2;2*1-5-2(3)4/h10-15,19-24,34-35H,5-9,16-18H2,1-4H3,(H,40,42)(H,41,43);9H,4-8H2,1-3H3;2*1H3,(H2,3,4). The van der Waals surface area contributed by atoms with E-state index in [4.69, 9.17) is 9.97 Å². The zero-order chi connectivity index (χ0) is 48.1. The number of methoxy groups -OCH3 is 2. The number of rotatable bonds is 12. The average molecular weight is 907 g/mol. The van der Waals surface area contributed by atoms with Crippen molar-refractivity contribution in [1.82, 2.24) is 29.7 Å². The van der Waals surface area contributed by atoms with Gasteiger partial charge in [-0.3, -0.25) is 9.59 Å². The van der Waals surface area contributed by atoms with E-state index in [-0.39, 0.29) is 30.1 Å². The molecule has 0 radical (unpaired) electrons. The highest BCUT2D eigenvalue weighted by atomic mass is 16.5. The van der Waals surface area contributed by atoms with Crippen LogP contribution < -0.4 is 11.5 Å². The smallest absolute Gasteiger partial charge is 0.404 e. The van der Waals surface area contributed by atoms with E-state index < -0.39 is 12.2 Å². The molecule has 14 heteroatoms. The predicted octanol–water partition coefficient (Wildman–Crippen LogP) is 11.1. The number of ether oxygens (including phenoxy) is 2. The summed E-state index contributed by atoms with van der Waals surface area (Å²) in [7, 11) is 2.45. The van der Waals surface area contributed by atoms with Crippen LogP contribution in [-0.2, 0) is 31.9 Å². The van der Waals surface area contributed by atoms with E-state index in [1.54, 1.807) is 0 Å². The lowest BCUT2D eigenvalue weighted by Gasteiger charge is -2.28. The summed E-state index contributed by atoms with van der Waals surface area (Å²) in [4.78, 5) is 64.7. The minimum atomic E-state index is -0.745. The summed E-state index contributed by atoms with van der Waals surface area (Å²) < 4.78 is 7.78. The Balaban J connectivity index is 0.000000363. The summed E-state index contributed by atoms with van der Waals surface area (Å²) in [6.45, 7) is 15.3. The fraction of sp³-hybridized carbons (Fsp3) is 0.538. The lowest BCUT2D eigenvalue weighted by molar-refractivity contribution is -0.134. The molecule has 2 fully saturated rings. The van der Waals surface area contributed by atoms with Crippen molar-refractivity contribution >= 4 is 46.3 Å². The molecule has 6 N–H and O–H groups in total. The number of nitrogens with two attached hydrogens (primary N) is 2. The predicted molar refractivity (Wildman–Crippen MR) is 263 cm³/mol. The number of aromatic amines is 2. The third kappa shape index (κ3) is 12.3. The van der Waals surface area contributed by atoms with Crippen LogP contribution in [0.15, 0.2) is 48.7 Å². The molecule has 4 amide bonds. The van der Waals surface area contributed by atoms with Gasteiger partial charge in [-0.25, -0.2) is 19.6 Å². The first-order chi connectivity index (χ1) is 31.7. The quantitative estimate of drug-likeness (QED) is 0.0885. The van der Waals surface area contributed by atoms with Gasteiger partial charge in [-0.1, -0.05) is 97.1 Å². The molecule has 5 aromatic rings. The van der Waals surface area contributed by atoms with Crippen LogP contribution in [0, 0.1) is 11.8 Å². The molecule has 4 atom stereocenters. The number of likely N-dealkylation sites (tertiary alicyclic amines) is 2. The van der Waals surface area contributed by atoms with E-state index in [0.29, 0.717) is 12.3 Å². The fourth-order valence-electron chi connectivity index (χ4n) is 9.97. The van der Waals surface area contributed by atoms with Gasteiger partial charge in [0, 0.05) is 29.5 Å². The minimum absolute atomic E-state index is 0.00397. The fourth-order valence-corrected chi connectivity index (χ4v) is 9.97. The Labute approximate surface area is 391 Å². The third-order valence-corrected chi connectivity index (χ3v) is 13.4. The summed E-state index contributed by atoms with van der Waals surface area (Å²) in [5.74, 6) is 3.35. The minimum Gasteiger partial charge on any atom is -0.453 e. The monoisotopic (exact) mass is 907 g/mol. The Bertz CT molecular complexity index is 2390. The number of H-pyrrole nitrogens is 2. The molecule has 1 aliphatic carbocycles. The van der Waals surface area contributed by atoms with Crippen molar-refractivity contribution in [3.63, 3.8) is 0 Å². The molecule has 358 valence electrons. The maximum Gasteiger partial charge on any atom is 0.404 e. The Morgan fingerprint density at radius 1 is 0.818 bits per heavy atom. The number of hydrogen-bond acceptors (Lipinski definition) is 8. The number of amides is 4. The van der Waals surface area contributed by atoms with Gasteiger partial charge in [0.05, 0.1) is 49.2 Å². The second-order valence-electron chi connectivity index (χ2n) is 18.4. The van der Waals surface area contributed by atoms with E-state index in [9.17, 15) is 19.2 Å². The van der Waals surface area contributed by atoms with Crippen molar-refractivity contribution in [3.05, 3.63) is 71.4 Å². The van der Waals surface area contributed by atoms with Crippen molar-refractivity contribution in [2.45, 2.75) is 156 Å². The zero-order valence-electron chi connectivity index (χ0n) is 40.7. The second-order valence-corrected chi connectivity index (χ2v) is 18.4. The van der Waals surface area contributed by atoms with Crippen molar-refractivity contribution < 1.29 is 28.7 Å². The molecule has 4 unspecified atom stereocenters. The highest BCUT2D eigenvalue weighted by molar-refractivity contribution is 6.05. The van der Waals surface area contributed by atoms with Gasteiger partial charge in [0.25, 0.3) is 0 Å². The van der Waals surface area contributed by atoms with Crippen LogP contribution in [0.25, 0.3) is 44.2 Å². The Hall–Kier alpha value is -5.92. The molecular formula is C52H74N8O6. The van der Waals surface area contributed by atoms with Crippen LogP contribution in [0.1, 0.15) is 154 Å². The third-order valence-electron chi connectivity index (χ3n) is 13.4. The largest absolute Gasteiger partial charge is 0.453 e. The first-order valence-corrected chi connectivity index (χ1v) is 24.0. The lowest BCUT2D eigenvalue weighted by atomic mass is 9.91. The molecule has 66 heavy (non-hydrogen) atoms. The zero-order valence-corrected chi connectivity index (χ0v) is 40.7. The second kappa shape index (κ2) is 24.0. The first-order valence-electron chi connectivity index (χ1n) is 24.0. The van der Waals surface area contributed by atoms with Crippen molar-refractivity contribution in [2.75, 3.05) is 14.2 Å². The van der Waals surface area contributed by atoms with Gasteiger partial charge >= 0.3 is 12.2 Å². The number of benzene rings is 3. The molecule has 0 saturated carbocycles. The number of primary amides is 2. The number of imidazole rings is 2. The Kier molecular flexibility index (Phi) is 18.6. The molecule has 2 saturated heterocycles. The number of carbonyl (C=O) groups is 4. The van der Waals surface area contributed by atoms with Gasteiger partial charge in [0.15, 0.2) is 0 Å². The number of aromatic nitrogens is 4. The molecule has 0 spiro atoms. The number of carbonyl (C=O) groups excluding carboxylic acids is 4. The SMILES string of the molecule is CC(C)CC(=O)N1C(C)CCC1c1nc2c(ccc3cc(-c4ccc(-c5cnc(C6CCC(C)N6C=O)[nH]5)c5c4CCC5)ccc32)[nH]1.CCCC(CC)CCC.COC(N)=O.COC(N)=O. The van der Waals surface area contributed by atoms with Gasteiger partial charge in [0.1, 0.15) is 11.6 Å². The molecular weight excluding hydrogens is 833 g/mol. The molecule has 2 aliphatic heterocycles. The molecule has 4 heterocycles. The van der Waals surface area contributed by atoms with Crippen molar-refractivity contribution in [3.8, 4) is 22.4 Å². The Morgan fingerprint density at radius 2 is 1.44 bits per heavy atom. The van der Waals surface area contributed by atoms with Crippen LogP contribution in [0.4, 0.5) is 9.59 Å². The van der Waals surface area contributed by atoms with E-state index in [0.717, 1.165) is 91.0 Å². The summed E-state index contributed by atoms with van der Waals surface area (Å²) in [6, 6.07) is 16.1. The van der Waals surface area contributed by atoms with Crippen LogP contribution >= 0.6 is 0 Å². The highest BCUT2D eigenvalue weighted by Crippen LogP contribution is 2.42. The summed E-state index contributed by atoms with van der Waals surface area (Å²) in [6.07, 6.45) is 16.1. The molecule has 0 bridgehead atoms. The number of fused-ring (bicyclic) bond motifs is 4. The topological polar surface area (TPSA) is 203 Å². The van der Waals surface area contributed by atoms with Crippen molar-refractivity contribution in [2.24, 2.45) is 23.3 Å². The van der Waals surface area contributed by atoms with Crippen LogP contribution in [0.3, 0.4) is 0 Å². The maximum atomic E-state index is 13.2. The molecule has 3 aliphatic rings. The lowest BCUT2D eigenvalue weighted by Crippen LogP contribution is -2.36. The van der Waals surface area contributed by atoms with Crippen LogP contribution in [-0.4, -0.2) is 80.5 Å². The molecule has 8 rings (SSSR count). The Morgan fingerprint density at radius 3 is 2.05 bits per heavy atom. The van der Waals surface area contributed by atoms with Crippen LogP contribution in [0.5, 0.6) is 0 Å². The van der Waals surface area contributed by atoms with Gasteiger partial charge in [0.2, 0.25) is 12.3 Å². The number of nitrogens with one attached hydrogen (secondary N) is 2. The summed E-state index contributed by atoms with van der Waals surface area (Å²) >= 11 is 0. The van der Waals surface area contributed by atoms with E-state index in [1.165, 1.54) is 79.5 Å². The first kappa shape index (κ1) is 51.1. The van der Waals surface area contributed by atoms with E-state index in [2.05, 4.69) is 127 Å². The number of nitrogens with zero attached hydrogens (tertiary/aromatic N) is 4. The van der Waals surface area contributed by atoms with E-state index in [1.807, 2.05) is 11.1 Å². The van der Waals surface area contributed by atoms with Gasteiger partial charge < -0.3 is 40.7 Å². The molecule has 14 nitrogen and oxygen atoms in total. The van der Waals surface area contributed by atoms with Crippen molar-refractivity contribution in [1.29, 1.82) is 0 Å². The molecule has 2 aromatic heterocycles. The van der Waals surface area contributed by atoms with Gasteiger partial charge in [-0.15, -0.1) is 0 Å². The average Bonchev–Trinajstić information content (AvgIpc) is 4.16. The summed E-state index contributed by atoms with van der Waals surface area (Å²) in [5.41, 5.74) is 18.4. The number of hydrogen-bond donors (Lipinski definition) is 4. The summed E-state index contributed by atoms with van der Waals surface area (Å²) in [5, 5.41) is 2.30. The van der Waals surface area contributed by atoms with E-state index >= 15 is 0 Å². The maximum absolute atomic E-state index is 13.2. The highest BCUT2D eigenvalue weighted by Gasteiger charge is 2.37. The normalized spacial score (nSPS) is 18.6. The van der Waals surface area contributed by atoms with Gasteiger partial charge in [-0.05, 0) is 110 Å². The van der Waals surface area contributed by atoms with Crippen LogP contribution in [0.2, 0.25) is 0 Å².